The Morgan fingerprint density at radius 1 is 1.33 bits per heavy atom. The summed E-state index contributed by atoms with van der Waals surface area (Å²) in [5, 5.41) is 9.70. The molecule has 0 aromatic heterocycles. The lowest BCUT2D eigenvalue weighted by atomic mass is 10.0. The molecule has 2 rings (SSSR count). The van der Waals surface area contributed by atoms with E-state index in [1.165, 1.54) is 4.31 Å². The SMILES string of the molecule is CCCC#Cc1ccc2c(c1)O[C@@H](CN(C)CCC)[C@@H](C)CN([C@H](C)CO)S2(=O)=O. The monoisotopic (exact) mass is 436 g/mol. The highest BCUT2D eigenvalue weighted by Gasteiger charge is 2.38. The average molecular weight is 437 g/mol. The fourth-order valence-electron chi connectivity index (χ4n) is 3.59. The quantitative estimate of drug-likeness (QED) is 0.666. The van der Waals surface area contributed by atoms with Gasteiger partial charge >= 0.3 is 0 Å². The minimum atomic E-state index is -3.80. The zero-order chi connectivity index (χ0) is 22.3. The number of benzene rings is 1. The Bertz CT molecular complexity index is 860. The molecule has 0 saturated carbocycles. The molecule has 1 N–H and O–H groups in total. The standard InChI is InChI=1S/C23H36N2O4S/c1-6-8-9-10-20-11-12-23-21(14-20)29-22(16-24(5)13-7-2)18(3)15-25(19(4)17-26)30(23,27)28/h11-12,14,18-19,22,26H,6-8,13,15-17H2,1-5H3/t18-,19+,22-/m0/s1. The molecular weight excluding hydrogens is 400 g/mol. The van der Waals surface area contributed by atoms with Gasteiger partial charge in [-0.1, -0.05) is 32.6 Å². The van der Waals surface area contributed by atoms with Crippen molar-refractivity contribution >= 4 is 10.0 Å². The summed E-state index contributed by atoms with van der Waals surface area (Å²) >= 11 is 0. The van der Waals surface area contributed by atoms with Crippen LogP contribution in [0.3, 0.4) is 0 Å². The molecule has 3 atom stereocenters. The Morgan fingerprint density at radius 2 is 2.07 bits per heavy atom. The molecule has 7 heteroatoms. The van der Waals surface area contributed by atoms with E-state index >= 15 is 0 Å². The summed E-state index contributed by atoms with van der Waals surface area (Å²) in [6.45, 7) is 9.64. The number of nitrogens with zero attached hydrogens (tertiary/aromatic N) is 2. The van der Waals surface area contributed by atoms with Crippen molar-refractivity contribution in [3.8, 4) is 17.6 Å². The molecule has 1 aliphatic heterocycles. The molecule has 0 bridgehead atoms. The van der Waals surface area contributed by atoms with Gasteiger partial charge in [-0.2, -0.15) is 4.31 Å². The van der Waals surface area contributed by atoms with Crippen molar-refractivity contribution in [2.24, 2.45) is 5.92 Å². The van der Waals surface area contributed by atoms with Gasteiger partial charge in [-0.15, -0.1) is 0 Å². The molecule has 0 amide bonds. The van der Waals surface area contributed by atoms with Gasteiger partial charge in [0.15, 0.2) is 0 Å². The van der Waals surface area contributed by atoms with Crippen molar-refractivity contribution in [3.63, 3.8) is 0 Å². The maximum Gasteiger partial charge on any atom is 0.247 e. The number of likely N-dealkylation sites (N-methyl/N-ethyl adjacent to an activating group) is 1. The first-order valence-corrected chi connectivity index (χ1v) is 12.3. The Morgan fingerprint density at radius 3 is 2.70 bits per heavy atom. The number of ether oxygens (including phenoxy) is 1. The van der Waals surface area contributed by atoms with Crippen LogP contribution in [-0.4, -0.2) is 68.2 Å². The van der Waals surface area contributed by atoms with E-state index in [-0.39, 0.29) is 23.5 Å². The summed E-state index contributed by atoms with van der Waals surface area (Å²) in [6, 6.07) is 4.54. The van der Waals surface area contributed by atoms with Crippen molar-refractivity contribution in [2.45, 2.75) is 64.0 Å². The van der Waals surface area contributed by atoms with E-state index in [0.717, 1.165) is 31.4 Å². The summed E-state index contributed by atoms with van der Waals surface area (Å²) in [5.74, 6) is 6.50. The number of rotatable bonds is 7. The first-order valence-electron chi connectivity index (χ1n) is 10.8. The normalized spacial score (nSPS) is 22.2. The van der Waals surface area contributed by atoms with Crippen molar-refractivity contribution < 1.29 is 18.3 Å². The lowest BCUT2D eigenvalue weighted by Gasteiger charge is -2.37. The Labute approximate surface area is 182 Å². The lowest BCUT2D eigenvalue weighted by Crippen LogP contribution is -2.49. The number of aliphatic hydroxyl groups excluding tert-OH is 1. The molecule has 1 aromatic carbocycles. The van der Waals surface area contributed by atoms with Crippen molar-refractivity contribution in [1.82, 2.24) is 9.21 Å². The maximum absolute atomic E-state index is 13.4. The fraction of sp³-hybridized carbons (Fsp3) is 0.652. The predicted molar refractivity (Wildman–Crippen MR) is 120 cm³/mol. The van der Waals surface area contributed by atoms with E-state index in [1.54, 1.807) is 25.1 Å². The topological polar surface area (TPSA) is 70.1 Å². The van der Waals surface area contributed by atoms with Crippen LogP contribution in [0.4, 0.5) is 0 Å². The molecule has 0 saturated heterocycles. The average Bonchev–Trinajstić information content (AvgIpc) is 2.70. The van der Waals surface area contributed by atoms with E-state index in [0.29, 0.717) is 18.8 Å². The van der Waals surface area contributed by atoms with Gasteiger partial charge in [0, 0.05) is 37.0 Å². The summed E-state index contributed by atoms with van der Waals surface area (Å²) < 4.78 is 34.6. The molecule has 6 nitrogen and oxygen atoms in total. The maximum atomic E-state index is 13.4. The molecule has 0 unspecified atom stereocenters. The second-order valence-corrected chi connectivity index (χ2v) is 10.1. The molecule has 168 valence electrons. The number of fused-ring (bicyclic) bond motifs is 1. The summed E-state index contributed by atoms with van der Waals surface area (Å²) in [7, 11) is -1.75. The van der Waals surface area contributed by atoms with Crippen LogP contribution in [0.2, 0.25) is 0 Å². The largest absolute Gasteiger partial charge is 0.487 e. The molecule has 0 spiro atoms. The van der Waals surface area contributed by atoms with Gasteiger partial charge < -0.3 is 14.7 Å². The van der Waals surface area contributed by atoms with Gasteiger partial charge in [-0.3, -0.25) is 0 Å². The number of aliphatic hydroxyl groups is 1. The van der Waals surface area contributed by atoms with E-state index in [1.807, 2.05) is 6.92 Å². The van der Waals surface area contributed by atoms with Gasteiger partial charge in [-0.25, -0.2) is 8.42 Å². The third-order valence-corrected chi connectivity index (χ3v) is 7.39. The van der Waals surface area contributed by atoms with Crippen LogP contribution in [0.5, 0.6) is 5.75 Å². The minimum Gasteiger partial charge on any atom is -0.487 e. The first-order chi connectivity index (χ1) is 14.2. The van der Waals surface area contributed by atoms with Crippen LogP contribution in [-0.2, 0) is 10.0 Å². The van der Waals surface area contributed by atoms with Crippen LogP contribution < -0.4 is 4.74 Å². The second-order valence-electron chi connectivity index (χ2n) is 8.22. The molecule has 0 radical (unpaired) electrons. The summed E-state index contributed by atoms with van der Waals surface area (Å²) in [4.78, 5) is 2.35. The Hall–Kier alpha value is -1.59. The first kappa shape index (κ1) is 24.7. The van der Waals surface area contributed by atoms with Crippen LogP contribution in [0.15, 0.2) is 23.1 Å². The zero-order valence-electron chi connectivity index (χ0n) is 18.9. The lowest BCUT2D eigenvalue weighted by molar-refractivity contribution is 0.0752. The molecule has 0 aliphatic carbocycles. The van der Waals surface area contributed by atoms with E-state index in [9.17, 15) is 13.5 Å². The van der Waals surface area contributed by atoms with Gasteiger partial charge in [0.05, 0.1) is 6.61 Å². The van der Waals surface area contributed by atoms with E-state index in [2.05, 4.69) is 37.6 Å². The van der Waals surface area contributed by atoms with Crippen LogP contribution >= 0.6 is 0 Å². The van der Waals surface area contributed by atoms with Crippen LogP contribution in [0.1, 0.15) is 52.5 Å². The highest BCUT2D eigenvalue weighted by atomic mass is 32.2. The summed E-state index contributed by atoms with van der Waals surface area (Å²) in [5.41, 5.74) is 0.744. The molecular formula is C23H36N2O4S. The van der Waals surface area contributed by atoms with Crippen molar-refractivity contribution in [3.05, 3.63) is 23.8 Å². The molecule has 1 aliphatic rings. The number of hydrogen-bond acceptors (Lipinski definition) is 5. The molecule has 30 heavy (non-hydrogen) atoms. The Kier molecular flexibility index (Phi) is 9.17. The highest BCUT2D eigenvalue weighted by molar-refractivity contribution is 7.89. The third-order valence-electron chi connectivity index (χ3n) is 5.37. The van der Waals surface area contributed by atoms with E-state index < -0.39 is 16.1 Å². The third kappa shape index (κ3) is 5.98. The number of unbranched alkanes of at least 4 members (excludes halogenated alkanes) is 1. The van der Waals surface area contributed by atoms with E-state index in [4.69, 9.17) is 4.74 Å². The predicted octanol–water partition coefficient (Wildman–Crippen LogP) is 2.95. The van der Waals surface area contributed by atoms with Gasteiger partial charge in [0.1, 0.15) is 16.7 Å². The van der Waals surface area contributed by atoms with Crippen LogP contribution in [0, 0.1) is 17.8 Å². The second kappa shape index (κ2) is 11.1. The molecule has 1 heterocycles. The summed E-state index contributed by atoms with van der Waals surface area (Å²) in [6.07, 6.45) is 2.62. The zero-order valence-corrected chi connectivity index (χ0v) is 19.7. The fourth-order valence-corrected chi connectivity index (χ4v) is 5.42. The smallest absolute Gasteiger partial charge is 0.247 e. The number of sulfonamides is 1. The van der Waals surface area contributed by atoms with Crippen LogP contribution in [0.25, 0.3) is 0 Å². The minimum absolute atomic E-state index is 0.0453. The van der Waals surface area contributed by atoms with Gasteiger partial charge in [-0.05, 0) is 51.6 Å². The van der Waals surface area contributed by atoms with Gasteiger partial charge in [0.25, 0.3) is 0 Å². The van der Waals surface area contributed by atoms with Gasteiger partial charge in [0.2, 0.25) is 10.0 Å². The highest BCUT2D eigenvalue weighted by Crippen LogP contribution is 2.34. The van der Waals surface area contributed by atoms with Crippen molar-refractivity contribution in [2.75, 3.05) is 33.3 Å². The van der Waals surface area contributed by atoms with Crippen molar-refractivity contribution in [1.29, 1.82) is 0 Å². The molecule has 0 fully saturated rings. The molecule has 1 aromatic rings. The Balaban J connectivity index is 2.53. The number of hydrogen-bond donors (Lipinski definition) is 1.